The van der Waals surface area contributed by atoms with Gasteiger partial charge >= 0.3 is 0 Å². The third-order valence-corrected chi connectivity index (χ3v) is 4.22. The number of hydrogen-bond acceptors (Lipinski definition) is 2. The van der Waals surface area contributed by atoms with E-state index in [9.17, 15) is 0 Å². The van der Waals surface area contributed by atoms with Gasteiger partial charge in [0.25, 0.3) is 0 Å². The van der Waals surface area contributed by atoms with E-state index in [4.69, 9.17) is 4.74 Å². The summed E-state index contributed by atoms with van der Waals surface area (Å²) < 4.78 is 5.70. The van der Waals surface area contributed by atoms with Crippen molar-refractivity contribution in [3.05, 3.63) is 29.8 Å². The summed E-state index contributed by atoms with van der Waals surface area (Å²) in [5.41, 5.74) is 1.35. The van der Waals surface area contributed by atoms with E-state index in [0.29, 0.717) is 6.04 Å². The molecule has 2 rings (SSSR count). The van der Waals surface area contributed by atoms with Gasteiger partial charge in [-0.15, -0.1) is 0 Å². The van der Waals surface area contributed by atoms with Gasteiger partial charge in [0.15, 0.2) is 0 Å². The summed E-state index contributed by atoms with van der Waals surface area (Å²) >= 11 is 0. The minimum Gasteiger partial charge on any atom is -0.494 e. The highest BCUT2D eigenvalue weighted by Gasteiger charge is 2.20. The zero-order valence-electron chi connectivity index (χ0n) is 12.3. The van der Waals surface area contributed by atoms with Gasteiger partial charge in [-0.05, 0) is 56.7 Å². The summed E-state index contributed by atoms with van der Waals surface area (Å²) in [4.78, 5) is 0. The van der Waals surface area contributed by atoms with Crippen LogP contribution >= 0.6 is 0 Å². The number of aryl methyl sites for hydroxylation is 1. The van der Waals surface area contributed by atoms with Crippen molar-refractivity contribution >= 4 is 0 Å². The van der Waals surface area contributed by atoms with Crippen molar-refractivity contribution in [3.8, 4) is 5.75 Å². The Bertz CT molecular complexity index is 377. The first-order valence-corrected chi connectivity index (χ1v) is 7.77. The van der Waals surface area contributed by atoms with Crippen molar-refractivity contribution in [1.82, 2.24) is 5.32 Å². The van der Waals surface area contributed by atoms with Crippen molar-refractivity contribution in [2.45, 2.75) is 52.0 Å². The molecule has 1 fully saturated rings. The first kappa shape index (κ1) is 14.4. The zero-order chi connectivity index (χ0) is 13.5. The topological polar surface area (TPSA) is 21.3 Å². The van der Waals surface area contributed by atoms with Crippen molar-refractivity contribution in [3.63, 3.8) is 0 Å². The molecule has 0 saturated carbocycles. The lowest BCUT2D eigenvalue weighted by atomic mass is 9.88. The highest BCUT2D eigenvalue weighted by molar-refractivity contribution is 5.33. The standard InChI is InChI=1S/C17H27NO/c1-3-14-11-12-18-16(13-14)10-9-15-7-5-6-8-17(15)19-4-2/h5-8,14,16,18H,3-4,9-13H2,1-2H3. The lowest BCUT2D eigenvalue weighted by Gasteiger charge is -2.30. The fraction of sp³-hybridized carbons (Fsp3) is 0.647. The molecule has 1 heterocycles. The molecule has 0 aliphatic carbocycles. The van der Waals surface area contributed by atoms with Crippen LogP contribution in [0.4, 0.5) is 0 Å². The maximum atomic E-state index is 5.70. The second-order valence-corrected chi connectivity index (χ2v) is 5.53. The van der Waals surface area contributed by atoms with E-state index in [1.165, 1.54) is 37.8 Å². The Labute approximate surface area is 117 Å². The van der Waals surface area contributed by atoms with Crippen LogP contribution in [0.15, 0.2) is 24.3 Å². The predicted octanol–water partition coefficient (Wildman–Crippen LogP) is 3.80. The third kappa shape index (κ3) is 4.24. The Balaban J connectivity index is 1.87. The van der Waals surface area contributed by atoms with Crippen LogP contribution in [0, 0.1) is 5.92 Å². The quantitative estimate of drug-likeness (QED) is 0.841. The number of hydrogen-bond donors (Lipinski definition) is 1. The molecular formula is C17H27NO. The molecule has 1 N–H and O–H groups in total. The average molecular weight is 261 g/mol. The zero-order valence-corrected chi connectivity index (χ0v) is 12.3. The van der Waals surface area contributed by atoms with Gasteiger partial charge in [-0.25, -0.2) is 0 Å². The number of ether oxygens (including phenoxy) is 1. The lowest BCUT2D eigenvalue weighted by Crippen LogP contribution is -2.38. The van der Waals surface area contributed by atoms with Crippen LogP contribution in [0.5, 0.6) is 5.75 Å². The Morgan fingerprint density at radius 2 is 2.11 bits per heavy atom. The summed E-state index contributed by atoms with van der Waals surface area (Å²) in [6.45, 7) is 6.30. The molecule has 2 atom stereocenters. The summed E-state index contributed by atoms with van der Waals surface area (Å²) in [5.74, 6) is 1.99. The molecule has 0 bridgehead atoms. The molecule has 0 amide bonds. The van der Waals surface area contributed by atoms with Crippen molar-refractivity contribution in [2.75, 3.05) is 13.2 Å². The number of benzene rings is 1. The molecule has 0 aromatic heterocycles. The molecule has 0 radical (unpaired) electrons. The van der Waals surface area contributed by atoms with Gasteiger partial charge in [0, 0.05) is 6.04 Å². The molecule has 1 aromatic carbocycles. The van der Waals surface area contributed by atoms with E-state index in [1.54, 1.807) is 0 Å². The summed E-state index contributed by atoms with van der Waals surface area (Å²) in [5, 5.41) is 3.66. The van der Waals surface area contributed by atoms with Crippen LogP contribution in [-0.4, -0.2) is 19.2 Å². The Morgan fingerprint density at radius 1 is 1.26 bits per heavy atom. The molecule has 2 unspecified atom stereocenters. The van der Waals surface area contributed by atoms with E-state index in [0.717, 1.165) is 24.7 Å². The smallest absolute Gasteiger partial charge is 0.122 e. The molecular weight excluding hydrogens is 234 g/mol. The monoisotopic (exact) mass is 261 g/mol. The minimum absolute atomic E-state index is 0.688. The van der Waals surface area contributed by atoms with Crippen LogP contribution in [0.1, 0.15) is 45.1 Å². The highest BCUT2D eigenvalue weighted by atomic mass is 16.5. The lowest BCUT2D eigenvalue weighted by molar-refractivity contribution is 0.283. The summed E-state index contributed by atoms with van der Waals surface area (Å²) in [6.07, 6.45) is 6.36. The molecule has 2 nitrogen and oxygen atoms in total. The second kappa shape index (κ2) is 7.54. The van der Waals surface area contributed by atoms with E-state index < -0.39 is 0 Å². The van der Waals surface area contributed by atoms with Gasteiger partial charge in [0.2, 0.25) is 0 Å². The molecule has 1 saturated heterocycles. The average Bonchev–Trinajstić information content (AvgIpc) is 2.47. The maximum absolute atomic E-state index is 5.70. The van der Waals surface area contributed by atoms with E-state index in [-0.39, 0.29) is 0 Å². The van der Waals surface area contributed by atoms with Crippen LogP contribution in [0.3, 0.4) is 0 Å². The molecule has 2 heteroatoms. The second-order valence-electron chi connectivity index (χ2n) is 5.53. The SMILES string of the molecule is CCOc1ccccc1CCC1CC(CC)CCN1. The third-order valence-electron chi connectivity index (χ3n) is 4.22. The van der Waals surface area contributed by atoms with Crippen LogP contribution in [0.2, 0.25) is 0 Å². The summed E-state index contributed by atoms with van der Waals surface area (Å²) in [7, 11) is 0. The maximum Gasteiger partial charge on any atom is 0.122 e. The van der Waals surface area contributed by atoms with Crippen molar-refractivity contribution in [1.29, 1.82) is 0 Å². The molecule has 1 aliphatic heterocycles. The molecule has 19 heavy (non-hydrogen) atoms. The van der Waals surface area contributed by atoms with Gasteiger partial charge in [-0.2, -0.15) is 0 Å². The molecule has 106 valence electrons. The number of nitrogens with one attached hydrogen (secondary N) is 1. The Morgan fingerprint density at radius 3 is 2.89 bits per heavy atom. The van der Waals surface area contributed by atoms with Gasteiger partial charge in [-0.1, -0.05) is 31.5 Å². The molecule has 1 aliphatic rings. The van der Waals surface area contributed by atoms with E-state index in [2.05, 4.69) is 36.5 Å². The van der Waals surface area contributed by atoms with E-state index in [1.807, 2.05) is 6.92 Å². The predicted molar refractivity (Wildman–Crippen MR) is 80.7 cm³/mol. The fourth-order valence-electron chi connectivity index (χ4n) is 3.02. The Hall–Kier alpha value is -1.02. The van der Waals surface area contributed by atoms with E-state index >= 15 is 0 Å². The minimum atomic E-state index is 0.688. The number of rotatable bonds is 6. The van der Waals surface area contributed by atoms with Crippen molar-refractivity contribution < 1.29 is 4.74 Å². The van der Waals surface area contributed by atoms with Gasteiger partial charge in [-0.3, -0.25) is 0 Å². The highest BCUT2D eigenvalue weighted by Crippen LogP contribution is 2.24. The fourth-order valence-corrected chi connectivity index (χ4v) is 3.02. The number of piperidine rings is 1. The number of para-hydroxylation sites is 1. The largest absolute Gasteiger partial charge is 0.494 e. The molecule has 1 aromatic rings. The summed E-state index contributed by atoms with van der Waals surface area (Å²) in [6, 6.07) is 9.14. The van der Waals surface area contributed by atoms with Gasteiger partial charge < -0.3 is 10.1 Å². The van der Waals surface area contributed by atoms with Gasteiger partial charge in [0.05, 0.1) is 6.61 Å². The molecule has 0 spiro atoms. The first-order valence-electron chi connectivity index (χ1n) is 7.77. The van der Waals surface area contributed by atoms with Crippen LogP contribution in [-0.2, 0) is 6.42 Å². The van der Waals surface area contributed by atoms with Gasteiger partial charge in [0.1, 0.15) is 5.75 Å². The normalized spacial score (nSPS) is 23.3. The van der Waals surface area contributed by atoms with Crippen molar-refractivity contribution in [2.24, 2.45) is 5.92 Å². The first-order chi connectivity index (χ1) is 9.33. The van der Waals surface area contributed by atoms with Crippen LogP contribution in [0.25, 0.3) is 0 Å². The van der Waals surface area contributed by atoms with Crippen LogP contribution < -0.4 is 10.1 Å². The Kier molecular flexibility index (Phi) is 5.71.